The SMILES string of the molecule is C=CCCC(=O)OC[C@H](NC(=O)[C@@H]1[C@@H]2CC[C@]3(O2)[C@H](C(=O)N(CC=C)C(C)C)N([C@@H](CO)[C@@H](C)CC)C(=O)[C@@H]13)c1ccccc1. The molecule has 1 aromatic rings. The van der Waals surface area contributed by atoms with Gasteiger partial charge in [-0.25, -0.2) is 0 Å². The minimum absolute atomic E-state index is 0.0769. The number of carbonyl (C=O) groups excluding carboxylic acids is 4. The number of ether oxygens (including phenoxy) is 2. The summed E-state index contributed by atoms with van der Waals surface area (Å²) in [5.74, 6) is -3.24. The number of carbonyl (C=O) groups is 4. The number of hydrogen-bond acceptors (Lipinski definition) is 7. The van der Waals surface area contributed by atoms with E-state index in [0.29, 0.717) is 32.2 Å². The van der Waals surface area contributed by atoms with E-state index in [1.165, 1.54) is 4.90 Å². The van der Waals surface area contributed by atoms with E-state index in [4.69, 9.17) is 9.47 Å². The number of rotatable bonds is 16. The molecule has 3 amide bonds. The number of nitrogens with one attached hydrogen (secondary N) is 1. The van der Waals surface area contributed by atoms with E-state index in [0.717, 1.165) is 5.56 Å². The molecule has 2 bridgehead atoms. The first-order valence-electron chi connectivity index (χ1n) is 16.2. The molecule has 3 aliphatic heterocycles. The van der Waals surface area contributed by atoms with Gasteiger partial charge in [-0.15, -0.1) is 13.2 Å². The zero-order chi connectivity index (χ0) is 32.9. The number of amides is 3. The fourth-order valence-corrected chi connectivity index (χ4v) is 7.34. The number of aliphatic hydroxyl groups is 1. The Balaban J connectivity index is 1.69. The largest absolute Gasteiger partial charge is 0.463 e. The molecular formula is C35H49N3O7. The summed E-state index contributed by atoms with van der Waals surface area (Å²) < 4.78 is 12.1. The van der Waals surface area contributed by atoms with Gasteiger partial charge >= 0.3 is 5.97 Å². The first-order valence-corrected chi connectivity index (χ1v) is 16.2. The van der Waals surface area contributed by atoms with Crippen molar-refractivity contribution in [3.05, 3.63) is 61.2 Å². The van der Waals surface area contributed by atoms with Crippen LogP contribution in [-0.2, 0) is 28.7 Å². The van der Waals surface area contributed by atoms with Gasteiger partial charge in [0.2, 0.25) is 17.7 Å². The van der Waals surface area contributed by atoms with Crippen molar-refractivity contribution in [2.45, 2.75) is 95.7 Å². The van der Waals surface area contributed by atoms with Crippen molar-refractivity contribution < 1.29 is 33.8 Å². The van der Waals surface area contributed by atoms with Gasteiger partial charge in [0.05, 0.1) is 36.6 Å². The van der Waals surface area contributed by atoms with Crippen LogP contribution in [0.5, 0.6) is 0 Å². The van der Waals surface area contributed by atoms with Gasteiger partial charge in [0.1, 0.15) is 18.2 Å². The third-order valence-electron chi connectivity index (χ3n) is 9.83. The number of hydrogen-bond donors (Lipinski definition) is 2. The number of benzene rings is 1. The highest BCUT2D eigenvalue weighted by Crippen LogP contribution is 2.59. The van der Waals surface area contributed by atoms with E-state index in [2.05, 4.69) is 18.5 Å². The Morgan fingerprint density at radius 3 is 2.51 bits per heavy atom. The molecule has 1 spiro atoms. The minimum Gasteiger partial charge on any atom is -0.463 e. The predicted octanol–water partition coefficient (Wildman–Crippen LogP) is 3.56. The Labute approximate surface area is 266 Å². The molecule has 1 aromatic carbocycles. The van der Waals surface area contributed by atoms with Crippen LogP contribution < -0.4 is 5.32 Å². The second-order valence-corrected chi connectivity index (χ2v) is 12.8. The number of esters is 1. The van der Waals surface area contributed by atoms with Crippen LogP contribution in [0.25, 0.3) is 0 Å². The summed E-state index contributed by atoms with van der Waals surface area (Å²) in [7, 11) is 0. The monoisotopic (exact) mass is 623 g/mol. The van der Waals surface area contributed by atoms with Crippen LogP contribution in [0.2, 0.25) is 0 Å². The summed E-state index contributed by atoms with van der Waals surface area (Å²) >= 11 is 0. The van der Waals surface area contributed by atoms with E-state index in [-0.39, 0.29) is 49.3 Å². The minimum atomic E-state index is -1.20. The lowest BCUT2D eigenvalue weighted by Crippen LogP contribution is -2.60. The zero-order valence-electron chi connectivity index (χ0n) is 27.0. The lowest BCUT2D eigenvalue weighted by atomic mass is 9.70. The summed E-state index contributed by atoms with van der Waals surface area (Å²) in [5.41, 5.74) is -0.446. The van der Waals surface area contributed by atoms with Crippen molar-refractivity contribution in [1.29, 1.82) is 0 Å². The van der Waals surface area contributed by atoms with Gasteiger partial charge < -0.3 is 29.7 Å². The van der Waals surface area contributed by atoms with E-state index in [1.807, 2.05) is 58.0 Å². The Morgan fingerprint density at radius 2 is 1.91 bits per heavy atom. The summed E-state index contributed by atoms with van der Waals surface area (Å²) in [6.45, 7) is 15.1. The van der Waals surface area contributed by atoms with Crippen LogP contribution in [-0.4, -0.2) is 88.2 Å². The Kier molecular flexibility index (Phi) is 11.3. The summed E-state index contributed by atoms with van der Waals surface area (Å²) in [6.07, 6.45) is 5.07. The van der Waals surface area contributed by atoms with Gasteiger partial charge in [-0.3, -0.25) is 19.2 Å². The lowest BCUT2D eigenvalue weighted by molar-refractivity contribution is -0.153. The average Bonchev–Trinajstić information content (AvgIpc) is 3.68. The summed E-state index contributed by atoms with van der Waals surface area (Å²) in [5, 5.41) is 13.6. The quantitative estimate of drug-likeness (QED) is 0.213. The van der Waals surface area contributed by atoms with Crippen molar-refractivity contribution >= 4 is 23.7 Å². The van der Waals surface area contributed by atoms with Crippen LogP contribution in [0.4, 0.5) is 0 Å². The molecule has 2 N–H and O–H groups in total. The van der Waals surface area contributed by atoms with E-state index in [9.17, 15) is 24.3 Å². The van der Waals surface area contributed by atoms with E-state index >= 15 is 0 Å². The van der Waals surface area contributed by atoms with Crippen molar-refractivity contribution in [3.63, 3.8) is 0 Å². The van der Waals surface area contributed by atoms with Gasteiger partial charge in [0, 0.05) is 19.0 Å². The maximum absolute atomic E-state index is 14.5. The number of allylic oxidation sites excluding steroid dienone is 1. The molecule has 10 nitrogen and oxygen atoms in total. The molecule has 0 unspecified atom stereocenters. The molecule has 246 valence electrons. The first-order chi connectivity index (χ1) is 21.6. The molecule has 0 aliphatic carbocycles. The van der Waals surface area contributed by atoms with Crippen molar-refractivity contribution in [2.24, 2.45) is 17.8 Å². The van der Waals surface area contributed by atoms with Gasteiger partial charge in [-0.05, 0) is 44.6 Å². The molecule has 4 rings (SSSR count). The predicted molar refractivity (Wildman–Crippen MR) is 170 cm³/mol. The molecule has 3 saturated heterocycles. The Hall–Kier alpha value is -3.50. The molecule has 3 aliphatic rings. The molecule has 8 atom stereocenters. The highest BCUT2D eigenvalue weighted by atomic mass is 16.5. The number of fused-ring (bicyclic) bond motifs is 1. The van der Waals surface area contributed by atoms with E-state index < -0.39 is 47.6 Å². The lowest BCUT2D eigenvalue weighted by Gasteiger charge is -2.41. The molecule has 0 radical (unpaired) electrons. The summed E-state index contributed by atoms with van der Waals surface area (Å²) in [4.78, 5) is 58.7. The fourth-order valence-electron chi connectivity index (χ4n) is 7.34. The molecule has 45 heavy (non-hydrogen) atoms. The molecule has 0 saturated carbocycles. The highest BCUT2D eigenvalue weighted by molar-refractivity contribution is 5.99. The van der Waals surface area contributed by atoms with Crippen molar-refractivity contribution in [1.82, 2.24) is 15.1 Å². The number of likely N-dealkylation sites (tertiary alicyclic amines) is 1. The standard InChI is InChI=1S/C35H49N3O7/c1-7-10-16-28(40)44-21-25(24-14-12-11-13-15-24)36-32(41)29-27-17-18-35(45-27)30(29)33(42)38(26(20-39)23(6)9-3)31(35)34(43)37(19-8-2)22(4)5/h7-8,11-15,22-23,25-27,29-31,39H,1-2,9-10,16-21H2,3-6H3,(H,36,41)/t23-,25-,26-,27-,29+,30+,31-,35+/m0/s1. The Bertz CT molecular complexity index is 1250. The van der Waals surface area contributed by atoms with Crippen LogP contribution in [0.1, 0.15) is 71.4 Å². The van der Waals surface area contributed by atoms with Gasteiger partial charge in [0.15, 0.2) is 0 Å². The van der Waals surface area contributed by atoms with Gasteiger partial charge in [-0.1, -0.05) is 62.8 Å². The van der Waals surface area contributed by atoms with Crippen LogP contribution in [0, 0.1) is 17.8 Å². The number of aliphatic hydroxyl groups excluding tert-OH is 1. The third kappa shape index (κ3) is 6.58. The topological polar surface area (TPSA) is 125 Å². The second kappa shape index (κ2) is 14.7. The van der Waals surface area contributed by atoms with Gasteiger partial charge in [-0.2, -0.15) is 0 Å². The second-order valence-electron chi connectivity index (χ2n) is 12.8. The maximum Gasteiger partial charge on any atom is 0.306 e. The molecule has 0 aromatic heterocycles. The Morgan fingerprint density at radius 1 is 1.20 bits per heavy atom. The van der Waals surface area contributed by atoms with Crippen LogP contribution in [0.3, 0.4) is 0 Å². The molecule has 3 fully saturated rings. The normalized spacial score (nSPS) is 27.1. The van der Waals surface area contributed by atoms with Crippen molar-refractivity contribution in [3.8, 4) is 0 Å². The first kappa shape index (κ1) is 34.4. The molecule has 10 heteroatoms. The maximum atomic E-state index is 14.5. The zero-order valence-corrected chi connectivity index (χ0v) is 27.0. The number of nitrogens with zero attached hydrogens (tertiary/aromatic N) is 2. The highest BCUT2D eigenvalue weighted by Gasteiger charge is 2.75. The fraction of sp³-hybridized carbons (Fsp3) is 0.600. The summed E-state index contributed by atoms with van der Waals surface area (Å²) in [6, 6.07) is 6.80. The van der Waals surface area contributed by atoms with Gasteiger partial charge in [0.25, 0.3) is 0 Å². The third-order valence-corrected chi connectivity index (χ3v) is 9.83. The van der Waals surface area contributed by atoms with E-state index in [1.54, 1.807) is 17.1 Å². The molecular weight excluding hydrogens is 574 g/mol. The van der Waals surface area contributed by atoms with Crippen LogP contribution >= 0.6 is 0 Å². The van der Waals surface area contributed by atoms with Crippen molar-refractivity contribution in [2.75, 3.05) is 19.8 Å². The molecule has 3 heterocycles. The van der Waals surface area contributed by atoms with Crippen LogP contribution in [0.15, 0.2) is 55.6 Å². The average molecular weight is 624 g/mol. The smallest absolute Gasteiger partial charge is 0.306 e.